The number of thiophene rings is 1. The molecule has 0 aliphatic rings. The van der Waals surface area contributed by atoms with Crippen molar-refractivity contribution in [1.82, 2.24) is 5.32 Å². The minimum Gasteiger partial charge on any atom is -0.355 e. The molecule has 1 heterocycles. The summed E-state index contributed by atoms with van der Waals surface area (Å²) in [6, 6.07) is 21.6. The Morgan fingerprint density at radius 2 is 1.69 bits per heavy atom. The van der Waals surface area contributed by atoms with Crippen LogP contribution in [-0.4, -0.2) is 18.3 Å². The monoisotopic (exact) mass is 363 g/mol. The molecule has 132 valence electrons. The predicted octanol–water partition coefficient (Wildman–Crippen LogP) is 4.09. The fourth-order valence-corrected chi connectivity index (χ4v) is 3.20. The summed E-state index contributed by atoms with van der Waals surface area (Å²) < 4.78 is 0. The number of nitrogens with one attached hydrogen (secondary N) is 3. The van der Waals surface area contributed by atoms with Gasteiger partial charge in [0, 0.05) is 12.2 Å². The highest BCUT2D eigenvalue weighted by Gasteiger charge is 2.04. The summed E-state index contributed by atoms with van der Waals surface area (Å²) in [6.07, 6.45) is 1.19. The third-order valence-electron chi connectivity index (χ3n) is 3.93. The second kappa shape index (κ2) is 8.97. The van der Waals surface area contributed by atoms with Gasteiger partial charge < -0.3 is 10.6 Å². The first-order valence-electron chi connectivity index (χ1n) is 8.50. The van der Waals surface area contributed by atoms with Crippen molar-refractivity contribution in [3.05, 3.63) is 88.1 Å². The fourth-order valence-electron chi connectivity index (χ4n) is 2.57. The lowest BCUT2D eigenvalue weighted by Gasteiger charge is -2.08. The molecule has 1 aromatic heterocycles. The quantitative estimate of drug-likeness (QED) is 0.437. The van der Waals surface area contributed by atoms with Crippen molar-refractivity contribution >= 4 is 28.8 Å². The smallest absolute Gasteiger partial charge is 0.224 e. The zero-order valence-corrected chi connectivity index (χ0v) is 15.2. The third-order valence-corrected chi connectivity index (χ3v) is 4.82. The average molecular weight is 363 g/mol. The Hall–Kier alpha value is -2.92. The van der Waals surface area contributed by atoms with Crippen LogP contribution in [0.2, 0.25) is 0 Å². The second-order valence-corrected chi connectivity index (χ2v) is 6.88. The van der Waals surface area contributed by atoms with Crippen molar-refractivity contribution < 1.29 is 4.79 Å². The number of carbonyl (C=O) groups excluding carboxylic acids is 1. The van der Waals surface area contributed by atoms with E-state index in [1.807, 2.05) is 72.1 Å². The van der Waals surface area contributed by atoms with Gasteiger partial charge in [-0.2, -0.15) is 0 Å². The summed E-state index contributed by atoms with van der Waals surface area (Å²) in [5, 5.41) is 16.1. The van der Waals surface area contributed by atoms with Crippen molar-refractivity contribution in [1.29, 1.82) is 5.41 Å². The Morgan fingerprint density at radius 1 is 0.923 bits per heavy atom. The fraction of sp³-hybridized carbons (Fsp3) is 0.143. The summed E-state index contributed by atoms with van der Waals surface area (Å²) in [5.74, 6) is 0.444. The molecule has 0 fully saturated rings. The van der Waals surface area contributed by atoms with Crippen LogP contribution in [0.3, 0.4) is 0 Å². The van der Waals surface area contributed by atoms with E-state index in [1.165, 1.54) is 0 Å². The van der Waals surface area contributed by atoms with Crippen LogP contribution in [-0.2, 0) is 17.6 Å². The van der Waals surface area contributed by atoms with E-state index in [-0.39, 0.29) is 5.91 Å². The minimum atomic E-state index is 0.0406. The molecule has 0 saturated carbocycles. The second-order valence-electron chi connectivity index (χ2n) is 5.94. The Morgan fingerprint density at radius 3 is 2.38 bits per heavy atom. The third kappa shape index (κ3) is 5.29. The maximum atomic E-state index is 11.9. The lowest BCUT2D eigenvalue weighted by molar-refractivity contribution is -0.120. The first kappa shape index (κ1) is 17.9. The number of carbonyl (C=O) groups is 1. The molecule has 0 unspecified atom stereocenters. The molecule has 3 N–H and O–H groups in total. The molecule has 0 saturated heterocycles. The Kier molecular flexibility index (Phi) is 6.17. The van der Waals surface area contributed by atoms with E-state index in [0.29, 0.717) is 18.8 Å². The normalized spacial score (nSPS) is 10.3. The molecule has 0 atom stereocenters. The molecule has 3 rings (SSSR count). The minimum absolute atomic E-state index is 0.0406. The van der Waals surface area contributed by atoms with Crippen LogP contribution in [0.4, 0.5) is 5.69 Å². The molecular weight excluding hydrogens is 342 g/mol. The van der Waals surface area contributed by atoms with Crippen molar-refractivity contribution in [3.8, 4) is 0 Å². The van der Waals surface area contributed by atoms with Crippen LogP contribution < -0.4 is 10.6 Å². The molecule has 4 nitrogen and oxygen atoms in total. The standard InChI is InChI=1S/C21H21N3OS/c22-21(19-7-4-14-26-19)24-18-10-8-16(9-11-18)12-13-23-20(25)15-17-5-2-1-3-6-17/h1-11,14H,12-13,15H2,(H2,22,24)(H,23,25). The SMILES string of the molecule is N=C(Nc1ccc(CCNC(=O)Cc2ccccc2)cc1)c1cccs1. The van der Waals surface area contributed by atoms with E-state index in [4.69, 9.17) is 5.41 Å². The highest BCUT2D eigenvalue weighted by molar-refractivity contribution is 7.12. The van der Waals surface area contributed by atoms with Gasteiger partial charge in [0.1, 0.15) is 5.84 Å². The van der Waals surface area contributed by atoms with Gasteiger partial charge in [0.25, 0.3) is 0 Å². The molecule has 0 bridgehead atoms. The van der Waals surface area contributed by atoms with Crippen molar-refractivity contribution in [2.24, 2.45) is 0 Å². The largest absolute Gasteiger partial charge is 0.355 e. The molecule has 5 heteroatoms. The zero-order valence-electron chi connectivity index (χ0n) is 14.4. The first-order valence-corrected chi connectivity index (χ1v) is 9.38. The highest BCUT2D eigenvalue weighted by Crippen LogP contribution is 2.14. The van der Waals surface area contributed by atoms with Crippen LogP contribution >= 0.6 is 11.3 Å². The Bertz CT molecular complexity index is 843. The van der Waals surface area contributed by atoms with E-state index in [9.17, 15) is 4.79 Å². The van der Waals surface area contributed by atoms with E-state index >= 15 is 0 Å². The highest BCUT2D eigenvalue weighted by atomic mass is 32.1. The van der Waals surface area contributed by atoms with Crippen LogP contribution in [0.5, 0.6) is 0 Å². The summed E-state index contributed by atoms with van der Waals surface area (Å²) in [6.45, 7) is 0.615. The lowest BCUT2D eigenvalue weighted by atomic mass is 10.1. The maximum Gasteiger partial charge on any atom is 0.224 e. The number of amidine groups is 1. The molecule has 0 aliphatic carbocycles. The molecule has 1 amide bonds. The summed E-state index contributed by atoms with van der Waals surface area (Å²) in [7, 11) is 0. The van der Waals surface area contributed by atoms with Gasteiger partial charge in [0.15, 0.2) is 0 Å². The maximum absolute atomic E-state index is 11.9. The number of rotatable bonds is 7. The van der Waals surface area contributed by atoms with E-state index in [1.54, 1.807) is 11.3 Å². The van der Waals surface area contributed by atoms with Gasteiger partial charge in [0.05, 0.1) is 11.3 Å². The van der Waals surface area contributed by atoms with E-state index in [2.05, 4.69) is 10.6 Å². The van der Waals surface area contributed by atoms with Crippen molar-refractivity contribution in [2.45, 2.75) is 12.8 Å². The van der Waals surface area contributed by atoms with Crippen LogP contribution in [0.15, 0.2) is 72.1 Å². The van der Waals surface area contributed by atoms with Gasteiger partial charge in [-0.15, -0.1) is 11.3 Å². The zero-order chi connectivity index (χ0) is 18.2. The number of anilines is 1. The summed E-state index contributed by atoms with van der Waals surface area (Å²) in [4.78, 5) is 12.9. The van der Waals surface area contributed by atoms with Gasteiger partial charge in [-0.1, -0.05) is 48.5 Å². The number of amides is 1. The summed E-state index contributed by atoms with van der Waals surface area (Å²) >= 11 is 1.54. The molecule has 0 aliphatic heterocycles. The topological polar surface area (TPSA) is 65.0 Å². The number of hydrogen-bond donors (Lipinski definition) is 3. The van der Waals surface area contributed by atoms with Crippen LogP contribution in [0, 0.1) is 5.41 Å². The number of hydrogen-bond acceptors (Lipinski definition) is 3. The summed E-state index contributed by atoms with van der Waals surface area (Å²) in [5.41, 5.74) is 3.06. The van der Waals surface area contributed by atoms with E-state index in [0.717, 1.165) is 28.1 Å². The Labute approximate surface area is 157 Å². The molecular formula is C21H21N3OS. The van der Waals surface area contributed by atoms with Crippen molar-refractivity contribution in [3.63, 3.8) is 0 Å². The molecule has 0 radical (unpaired) electrons. The molecule has 2 aromatic carbocycles. The lowest BCUT2D eigenvalue weighted by Crippen LogP contribution is -2.27. The van der Waals surface area contributed by atoms with Gasteiger partial charge in [-0.05, 0) is 41.1 Å². The van der Waals surface area contributed by atoms with Gasteiger partial charge in [0.2, 0.25) is 5.91 Å². The Balaban J connectivity index is 1.43. The molecule has 3 aromatic rings. The molecule has 26 heavy (non-hydrogen) atoms. The van der Waals surface area contributed by atoms with Gasteiger partial charge in [-0.3, -0.25) is 10.2 Å². The number of benzene rings is 2. The average Bonchev–Trinajstić information content (AvgIpc) is 3.19. The van der Waals surface area contributed by atoms with Crippen LogP contribution in [0.25, 0.3) is 0 Å². The predicted molar refractivity (Wildman–Crippen MR) is 108 cm³/mol. The van der Waals surface area contributed by atoms with Gasteiger partial charge in [-0.25, -0.2) is 0 Å². The van der Waals surface area contributed by atoms with Crippen LogP contribution in [0.1, 0.15) is 16.0 Å². The van der Waals surface area contributed by atoms with Crippen molar-refractivity contribution in [2.75, 3.05) is 11.9 Å². The van der Waals surface area contributed by atoms with E-state index < -0.39 is 0 Å². The first-order chi connectivity index (χ1) is 12.7. The molecule has 0 spiro atoms. The van der Waals surface area contributed by atoms with Gasteiger partial charge >= 0.3 is 0 Å².